The van der Waals surface area contributed by atoms with E-state index in [1.807, 2.05) is 44.2 Å². The number of aliphatic hydroxyl groups is 1. The van der Waals surface area contributed by atoms with E-state index in [-0.39, 0.29) is 30.9 Å². The summed E-state index contributed by atoms with van der Waals surface area (Å²) in [6.45, 7) is 5.14. The summed E-state index contributed by atoms with van der Waals surface area (Å²) in [5.41, 5.74) is 1.04. The molecule has 0 saturated carbocycles. The normalized spacial score (nSPS) is 19.0. The molecule has 1 amide bonds. The molecule has 6 heteroatoms. The average molecular weight is 384 g/mol. The van der Waals surface area contributed by atoms with Gasteiger partial charge in [-0.2, -0.15) is 0 Å². The molecule has 0 bridgehead atoms. The number of carbonyl (C=O) groups excluding carboxylic acids is 1. The van der Waals surface area contributed by atoms with Gasteiger partial charge in [0.05, 0.1) is 0 Å². The molecule has 1 N–H and O–H groups in total. The first-order valence-electron chi connectivity index (χ1n) is 7.77. The van der Waals surface area contributed by atoms with Crippen LogP contribution in [-0.2, 0) is 20.9 Å². The van der Waals surface area contributed by atoms with Crippen molar-refractivity contribution < 1.29 is 19.4 Å². The van der Waals surface area contributed by atoms with Crippen molar-refractivity contribution in [3.05, 3.63) is 35.9 Å². The summed E-state index contributed by atoms with van der Waals surface area (Å²) < 4.78 is 11.4. The number of hydrogen-bond acceptors (Lipinski definition) is 4. The van der Waals surface area contributed by atoms with Gasteiger partial charge in [0.2, 0.25) is 0 Å². The molecule has 1 saturated heterocycles. The van der Waals surface area contributed by atoms with Crippen LogP contribution >= 0.6 is 0 Å². The van der Waals surface area contributed by atoms with Gasteiger partial charge in [0.15, 0.2) is 0 Å². The number of amides is 1. The summed E-state index contributed by atoms with van der Waals surface area (Å²) in [7, 11) is 0. The Labute approximate surface area is 144 Å². The van der Waals surface area contributed by atoms with Gasteiger partial charge in [0, 0.05) is 0 Å². The van der Waals surface area contributed by atoms with Gasteiger partial charge in [-0.3, -0.25) is 0 Å². The van der Waals surface area contributed by atoms with E-state index in [1.54, 1.807) is 4.90 Å². The van der Waals surface area contributed by atoms with Crippen molar-refractivity contribution in [3.8, 4) is 0 Å². The third kappa shape index (κ3) is 5.14. The molecule has 5 nitrogen and oxygen atoms in total. The van der Waals surface area contributed by atoms with Crippen LogP contribution in [0.5, 0.6) is 0 Å². The van der Waals surface area contributed by atoms with Crippen LogP contribution in [0.1, 0.15) is 25.8 Å². The van der Waals surface area contributed by atoms with Crippen molar-refractivity contribution in [1.82, 2.24) is 4.90 Å². The minimum atomic E-state index is -0.826. The fraction of sp³-hybridized carbons (Fsp3) is 0.529. The summed E-state index contributed by atoms with van der Waals surface area (Å²) in [5, 5.41) is 10.0. The number of hydrogen-bond donors (Lipinski definition) is 1. The van der Waals surface area contributed by atoms with Gasteiger partial charge in [-0.1, -0.05) is 0 Å². The molecule has 2 rings (SSSR count). The van der Waals surface area contributed by atoms with Crippen LogP contribution in [0.15, 0.2) is 30.3 Å². The Bertz CT molecular complexity index is 535. The fourth-order valence-electron chi connectivity index (χ4n) is 2.46. The molecule has 2 atom stereocenters. The average Bonchev–Trinajstić information content (AvgIpc) is 2.90. The molecule has 0 spiro atoms. The van der Waals surface area contributed by atoms with Crippen molar-refractivity contribution in [2.24, 2.45) is 5.92 Å². The predicted molar refractivity (Wildman–Crippen MR) is 88.9 cm³/mol. The van der Waals surface area contributed by atoms with Crippen molar-refractivity contribution >= 4 is 26.2 Å². The summed E-state index contributed by atoms with van der Waals surface area (Å²) in [6, 6.07) is 9.74. The van der Waals surface area contributed by atoms with E-state index < -0.39 is 6.10 Å². The van der Waals surface area contributed by atoms with Crippen LogP contribution in [0, 0.1) is 5.92 Å². The molecule has 23 heavy (non-hydrogen) atoms. The molecular formula is C17H23NO4Se. The summed E-state index contributed by atoms with van der Waals surface area (Å²) >= 11 is 2.78. The van der Waals surface area contributed by atoms with Crippen LogP contribution in [0.4, 0.5) is 0 Å². The first kappa shape index (κ1) is 18.1. The second kappa shape index (κ2) is 8.60. The van der Waals surface area contributed by atoms with Crippen LogP contribution in [0.2, 0.25) is 0 Å². The van der Waals surface area contributed by atoms with Gasteiger partial charge < -0.3 is 0 Å². The van der Waals surface area contributed by atoms with Gasteiger partial charge in [0.1, 0.15) is 0 Å². The predicted octanol–water partition coefficient (Wildman–Crippen LogP) is 1.09. The van der Waals surface area contributed by atoms with E-state index in [0.717, 1.165) is 5.56 Å². The minimum absolute atomic E-state index is 0.0104. The zero-order valence-corrected chi connectivity index (χ0v) is 15.2. The number of rotatable bonds is 7. The van der Waals surface area contributed by atoms with E-state index in [0.29, 0.717) is 17.9 Å². The van der Waals surface area contributed by atoms with Crippen LogP contribution in [0.3, 0.4) is 0 Å². The van der Waals surface area contributed by atoms with Gasteiger partial charge in [-0.15, -0.1) is 0 Å². The molecular weight excluding hydrogens is 361 g/mol. The third-order valence-corrected chi connectivity index (χ3v) is 4.44. The number of nitrogens with zero attached hydrogens (tertiary/aromatic N) is 1. The van der Waals surface area contributed by atoms with Crippen molar-refractivity contribution in [1.29, 1.82) is 0 Å². The van der Waals surface area contributed by atoms with Gasteiger partial charge >= 0.3 is 145 Å². The maximum atomic E-state index is 12.4. The standard InChI is InChI=1S/C17H23NO4Se/c1-12(2)15-11-22-17(23)18(15)16(20)8-14(19)10-21-9-13-6-4-3-5-7-13/h3-7,12,14-15,19H,8-11H2,1-2H3/t14-,15-/m1/s1. The van der Waals surface area contributed by atoms with E-state index in [1.165, 1.54) is 0 Å². The topological polar surface area (TPSA) is 59.0 Å². The Morgan fingerprint density at radius 1 is 1.43 bits per heavy atom. The molecule has 0 aromatic heterocycles. The zero-order valence-electron chi connectivity index (χ0n) is 13.5. The molecule has 0 radical (unpaired) electrons. The zero-order chi connectivity index (χ0) is 16.8. The Balaban J connectivity index is 1.79. The first-order chi connectivity index (χ1) is 11.0. The number of ether oxygens (including phenoxy) is 2. The second-order valence-electron chi connectivity index (χ2n) is 6.01. The SMILES string of the molecule is CC(C)[C@H]1COC(=[Se])N1C(=O)C[C@@H](O)COCc1ccccc1. The molecule has 1 aromatic rings. The van der Waals surface area contributed by atoms with Gasteiger partial charge in [0.25, 0.3) is 0 Å². The van der Waals surface area contributed by atoms with E-state index in [4.69, 9.17) is 9.47 Å². The molecule has 126 valence electrons. The van der Waals surface area contributed by atoms with Crippen LogP contribution in [-0.4, -0.2) is 61.6 Å². The molecule has 1 heterocycles. The Morgan fingerprint density at radius 2 is 2.13 bits per heavy atom. The summed E-state index contributed by atoms with van der Waals surface area (Å²) in [6.07, 6.45) is -0.806. The molecule has 1 aliphatic rings. The number of aliphatic hydroxyl groups excluding tert-OH is 1. The number of benzene rings is 1. The number of carbonyl (C=O) groups is 1. The van der Waals surface area contributed by atoms with Crippen LogP contribution in [0.25, 0.3) is 0 Å². The van der Waals surface area contributed by atoms with Crippen LogP contribution < -0.4 is 0 Å². The molecule has 0 unspecified atom stereocenters. The first-order valence-corrected chi connectivity index (χ1v) is 8.63. The summed E-state index contributed by atoms with van der Waals surface area (Å²) in [5.74, 6) is 0.141. The Morgan fingerprint density at radius 3 is 2.78 bits per heavy atom. The maximum absolute atomic E-state index is 12.4. The quantitative estimate of drug-likeness (QED) is 0.716. The Hall–Kier alpha value is -1.20. The molecule has 1 aliphatic heterocycles. The monoisotopic (exact) mass is 385 g/mol. The fourth-order valence-corrected chi connectivity index (χ4v) is 3.10. The van der Waals surface area contributed by atoms with Crippen molar-refractivity contribution in [2.75, 3.05) is 13.2 Å². The van der Waals surface area contributed by atoms with Crippen molar-refractivity contribution in [3.63, 3.8) is 0 Å². The molecule has 1 fully saturated rings. The summed E-state index contributed by atoms with van der Waals surface area (Å²) in [4.78, 5) is 14.0. The van der Waals surface area contributed by atoms with Gasteiger partial charge in [-0.25, -0.2) is 0 Å². The third-order valence-electron chi connectivity index (χ3n) is 3.78. The van der Waals surface area contributed by atoms with Crippen molar-refractivity contribution in [2.45, 2.75) is 39.0 Å². The Kier molecular flexibility index (Phi) is 6.78. The van der Waals surface area contributed by atoms with Gasteiger partial charge in [-0.05, 0) is 0 Å². The molecule has 0 aliphatic carbocycles. The molecule has 1 aromatic carbocycles. The van der Waals surface area contributed by atoms with E-state index >= 15 is 0 Å². The van der Waals surface area contributed by atoms with E-state index in [2.05, 4.69) is 15.6 Å². The van der Waals surface area contributed by atoms with E-state index in [9.17, 15) is 9.90 Å². The second-order valence-corrected chi connectivity index (χ2v) is 6.74.